The molecule has 152 valence electrons. The lowest BCUT2D eigenvalue weighted by Gasteiger charge is -2.39. The standard InChI is InChI=1S/C20H26FN3O4/c1-3-6-20(27)7-9-23(10-8-20)18-5-4-15(11-17(18)21)24-13-16(28-19(24)26)12-22-14(2)25/h3-5,11,16,27H,1,6-10,12-13H2,2H3,(H,22,25)/t16-/m0/s1. The van der Waals surface area contributed by atoms with Crippen LogP contribution in [-0.2, 0) is 9.53 Å². The number of piperidine rings is 1. The molecule has 0 aliphatic carbocycles. The van der Waals surface area contributed by atoms with Gasteiger partial charge in [0, 0.05) is 20.0 Å². The van der Waals surface area contributed by atoms with Gasteiger partial charge in [0.25, 0.3) is 0 Å². The fourth-order valence-corrected chi connectivity index (χ4v) is 3.65. The van der Waals surface area contributed by atoms with Gasteiger partial charge in [0.15, 0.2) is 0 Å². The quantitative estimate of drug-likeness (QED) is 0.727. The van der Waals surface area contributed by atoms with E-state index in [0.29, 0.717) is 43.7 Å². The molecule has 2 aliphatic heterocycles. The second-order valence-electron chi connectivity index (χ2n) is 7.39. The highest BCUT2D eigenvalue weighted by Gasteiger charge is 2.34. The summed E-state index contributed by atoms with van der Waals surface area (Å²) in [6.07, 6.45) is 2.30. The van der Waals surface area contributed by atoms with E-state index in [-0.39, 0.29) is 19.0 Å². The van der Waals surface area contributed by atoms with E-state index in [0.717, 1.165) is 0 Å². The molecule has 2 heterocycles. The van der Waals surface area contributed by atoms with Crippen molar-refractivity contribution < 1.29 is 23.8 Å². The van der Waals surface area contributed by atoms with Crippen LogP contribution in [-0.4, -0.2) is 55.0 Å². The monoisotopic (exact) mass is 391 g/mol. The van der Waals surface area contributed by atoms with Crippen LogP contribution in [0.4, 0.5) is 20.6 Å². The maximum atomic E-state index is 14.8. The molecule has 7 nitrogen and oxygen atoms in total. The predicted molar refractivity (Wildman–Crippen MR) is 104 cm³/mol. The van der Waals surface area contributed by atoms with Gasteiger partial charge in [0.1, 0.15) is 11.9 Å². The molecule has 2 fully saturated rings. The summed E-state index contributed by atoms with van der Waals surface area (Å²) in [5.41, 5.74) is 0.0974. The number of hydrogen-bond acceptors (Lipinski definition) is 5. The van der Waals surface area contributed by atoms with Crippen LogP contribution in [0.2, 0.25) is 0 Å². The summed E-state index contributed by atoms with van der Waals surface area (Å²) < 4.78 is 20.0. The number of rotatable bonds is 6. The highest BCUT2D eigenvalue weighted by Crippen LogP contribution is 2.32. The van der Waals surface area contributed by atoms with Crippen molar-refractivity contribution in [3.8, 4) is 0 Å². The summed E-state index contributed by atoms with van der Waals surface area (Å²) in [7, 11) is 0. The molecule has 0 radical (unpaired) electrons. The smallest absolute Gasteiger partial charge is 0.414 e. The van der Waals surface area contributed by atoms with Crippen molar-refractivity contribution in [3.05, 3.63) is 36.7 Å². The second-order valence-corrected chi connectivity index (χ2v) is 7.39. The van der Waals surface area contributed by atoms with Crippen molar-refractivity contribution in [2.24, 2.45) is 0 Å². The molecule has 0 bridgehead atoms. The summed E-state index contributed by atoms with van der Waals surface area (Å²) >= 11 is 0. The fourth-order valence-electron chi connectivity index (χ4n) is 3.65. The maximum absolute atomic E-state index is 14.8. The molecular formula is C20H26FN3O4. The molecule has 2 amide bonds. The number of hydrogen-bond donors (Lipinski definition) is 2. The molecule has 2 aliphatic rings. The zero-order valence-corrected chi connectivity index (χ0v) is 16.0. The number of anilines is 2. The minimum absolute atomic E-state index is 0.202. The number of carbonyl (C=O) groups is 2. The number of nitrogens with zero attached hydrogens (tertiary/aromatic N) is 2. The number of halogens is 1. The maximum Gasteiger partial charge on any atom is 0.414 e. The summed E-state index contributed by atoms with van der Waals surface area (Å²) in [5.74, 6) is -0.629. The highest BCUT2D eigenvalue weighted by molar-refractivity contribution is 5.90. The summed E-state index contributed by atoms with van der Waals surface area (Å²) in [6.45, 7) is 6.63. The fraction of sp³-hybridized carbons (Fsp3) is 0.500. The zero-order valence-electron chi connectivity index (χ0n) is 16.0. The number of amides is 2. The van der Waals surface area contributed by atoms with Crippen molar-refractivity contribution in [2.75, 3.05) is 36.0 Å². The predicted octanol–water partition coefficient (Wildman–Crippen LogP) is 2.19. The van der Waals surface area contributed by atoms with Gasteiger partial charge in [0.2, 0.25) is 5.91 Å². The SMILES string of the molecule is C=CCC1(O)CCN(c2ccc(N3C[C@H](CNC(C)=O)OC3=O)cc2F)CC1. The van der Waals surface area contributed by atoms with E-state index < -0.39 is 23.6 Å². The molecule has 0 spiro atoms. The molecule has 2 saturated heterocycles. The van der Waals surface area contributed by atoms with E-state index in [1.807, 2.05) is 4.90 Å². The number of aliphatic hydroxyl groups is 1. The third-order valence-electron chi connectivity index (χ3n) is 5.25. The van der Waals surface area contributed by atoms with Crippen molar-refractivity contribution in [3.63, 3.8) is 0 Å². The Morgan fingerprint density at radius 1 is 1.46 bits per heavy atom. The minimum atomic E-state index is -0.767. The Morgan fingerprint density at radius 3 is 2.79 bits per heavy atom. The minimum Gasteiger partial charge on any atom is -0.442 e. The summed E-state index contributed by atoms with van der Waals surface area (Å²) in [4.78, 5) is 26.3. The Kier molecular flexibility index (Phi) is 5.88. The molecule has 1 aromatic carbocycles. The third-order valence-corrected chi connectivity index (χ3v) is 5.25. The summed E-state index contributed by atoms with van der Waals surface area (Å²) in [6, 6.07) is 4.66. The van der Waals surface area contributed by atoms with Crippen molar-refractivity contribution in [1.29, 1.82) is 0 Å². The number of cyclic esters (lactones) is 1. The van der Waals surface area contributed by atoms with E-state index >= 15 is 0 Å². The van der Waals surface area contributed by atoms with Crippen molar-refractivity contribution >= 4 is 23.4 Å². The molecule has 0 unspecified atom stereocenters. The molecule has 1 atom stereocenters. The molecule has 0 saturated carbocycles. The van der Waals surface area contributed by atoms with Crippen LogP contribution >= 0.6 is 0 Å². The van der Waals surface area contributed by atoms with E-state index in [2.05, 4.69) is 11.9 Å². The van der Waals surface area contributed by atoms with Gasteiger partial charge in [-0.05, 0) is 37.5 Å². The lowest BCUT2D eigenvalue weighted by Crippen LogP contribution is -2.44. The average molecular weight is 391 g/mol. The van der Waals surface area contributed by atoms with Gasteiger partial charge in [-0.2, -0.15) is 0 Å². The number of nitrogens with one attached hydrogen (secondary N) is 1. The average Bonchev–Trinajstić information content (AvgIpc) is 3.02. The van der Waals surface area contributed by atoms with E-state index in [9.17, 15) is 19.1 Å². The number of benzene rings is 1. The molecule has 1 aromatic rings. The second kappa shape index (κ2) is 8.18. The first-order valence-corrected chi connectivity index (χ1v) is 9.42. The van der Waals surface area contributed by atoms with Crippen LogP contribution in [0.3, 0.4) is 0 Å². The van der Waals surface area contributed by atoms with Crippen LogP contribution < -0.4 is 15.1 Å². The van der Waals surface area contributed by atoms with E-state index in [1.165, 1.54) is 17.9 Å². The van der Waals surface area contributed by atoms with Crippen LogP contribution in [0.1, 0.15) is 26.2 Å². The van der Waals surface area contributed by atoms with Gasteiger partial charge >= 0.3 is 6.09 Å². The van der Waals surface area contributed by atoms with Crippen LogP contribution in [0.25, 0.3) is 0 Å². The molecule has 8 heteroatoms. The molecule has 2 N–H and O–H groups in total. The van der Waals surface area contributed by atoms with Crippen LogP contribution in [0.5, 0.6) is 0 Å². The van der Waals surface area contributed by atoms with Crippen molar-refractivity contribution in [1.82, 2.24) is 5.32 Å². The van der Waals surface area contributed by atoms with Crippen LogP contribution in [0, 0.1) is 5.82 Å². The number of carbonyl (C=O) groups excluding carboxylic acids is 2. The van der Waals surface area contributed by atoms with Gasteiger partial charge in [0.05, 0.1) is 30.1 Å². The molecule has 28 heavy (non-hydrogen) atoms. The Morgan fingerprint density at radius 2 is 2.18 bits per heavy atom. The van der Waals surface area contributed by atoms with E-state index in [4.69, 9.17) is 4.74 Å². The van der Waals surface area contributed by atoms with Gasteiger partial charge in [-0.25, -0.2) is 9.18 Å². The van der Waals surface area contributed by atoms with Gasteiger partial charge in [-0.1, -0.05) is 6.08 Å². The van der Waals surface area contributed by atoms with Crippen molar-refractivity contribution in [2.45, 2.75) is 37.9 Å². The lowest BCUT2D eigenvalue weighted by atomic mass is 9.88. The van der Waals surface area contributed by atoms with Gasteiger partial charge in [-0.15, -0.1) is 6.58 Å². The zero-order chi connectivity index (χ0) is 20.3. The Hall–Kier alpha value is -2.61. The lowest BCUT2D eigenvalue weighted by molar-refractivity contribution is -0.119. The topological polar surface area (TPSA) is 82.1 Å². The molecular weight excluding hydrogens is 365 g/mol. The van der Waals surface area contributed by atoms with Gasteiger partial charge in [-0.3, -0.25) is 9.69 Å². The first-order valence-electron chi connectivity index (χ1n) is 9.42. The first kappa shape index (κ1) is 20.1. The Balaban J connectivity index is 1.65. The first-order chi connectivity index (χ1) is 13.3. The normalized spacial score (nSPS) is 21.4. The van der Waals surface area contributed by atoms with Crippen LogP contribution in [0.15, 0.2) is 30.9 Å². The Bertz CT molecular complexity index is 762. The Labute approximate surface area is 163 Å². The largest absolute Gasteiger partial charge is 0.442 e. The summed E-state index contributed by atoms with van der Waals surface area (Å²) in [5, 5.41) is 13.1. The molecule has 0 aromatic heterocycles. The molecule has 3 rings (SSSR count). The third kappa shape index (κ3) is 4.44. The number of ether oxygens (including phenoxy) is 1. The van der Waals surface area contributed by atoms with E-state index in [1.54, 1.807) is 18.2 Å². The van der Waals surface area contributed by atoms with Gasteiger partial charge < -0.3 is 20.1 Å². The highest BCUT2D eigenvalue weighted by atomic mass is 19.1.